The van der Waals surface area contributed by atoms with Crippen LogP contribution in [0.1, 0.15) is 187 Å². The van der Waals surface area contributed by atoms with Gasteiger partial charge in [0.2, 0.25) is 0 Å². The van der Waals surface area contributed by atoms with Crippen molar-refractivity contribution in [2.24, 2.45) is 0 Å². The molecule has 0 heterocycles. The zero-order valence-electron chi connectivity index (χ0n) is 30.1. The summed E-state index contributed by atoms with van der Waals surface area (Å²) < 4.78 is 5.99. The lowest BCUT2D eigenvalue weighted by Gasteiger charge is -2.18. The lowest BCUT2D eigenvalue weighted by molar-refractivity contribution is -0.150. The monoisotopic (exact) mass is 641 g/mol. The fourth-order valence-corrected chi connectivity index (χ4v) is 5.45. The third kappa shape index (κ3) is 36.1. The molecule has 0 amide bonds. The largest absolute Gasteiger partial charge is 0.481 e. The number of carboxylic acids is 1. The van der Waals surface area contributed by atoms with E-state index in [2.05, 4.69) is 74.6 Å². The van der Waals surface area contributed by atoms with E-state index in [1.165, 1.54) is 57.8 Å². The Morgan fingerprint density at radius 3 is 1.37 bits per heavy atom. The van der Waals surface area contributed by atoms with Crippen LogP contribution in [0.4, 0.5) is 0 Å². The molecule has 0 aromatic rings. The Morgan fingerprint density at radius 2 is 0.913 bits per heavy atom. The van der Waals surface area contributed by atoms with Crippen molar-refractivity contribution in [1.82, 2.24) is 0 Å². The third-order valence-corrected chi connectivity index (χ3v) is 8.25. The zero-order valence-corrected chi connectivity index (χ0v) is 30.1. The molecule has 0 spiro atoms. The molecule has 4 heteroatoms. The number of rotatable bonds is 34. The van der Waals surface area contributed by atoms with E-state index in [4.69, 9.17) is 9.84 Å². The minimum Gasteiger partial charge on any atom is -0.481 e. The Hall–Kier alpha value is -2.36. The number of esters is 1. The van der Waals surface area contributed by atoms with E-state index < -0.39 is 5.97 Å². The molecule has 1 unspecified atom stereocenters. The number of unbranched alkanes of at least 4 members (excludes halogenated alkanes) is 15. The standard InChI is InChI=1S/C42H72O4/c1-3-5-7-9-11-13-14-15-16-17-18-19-20-22-27-31-35-39-42(45)46-40(36-32-28-24-21-12-10-8-6-4-2)37-33-29-25-23-26-30-34-38-41(43)44/h5,7,11,13,15-16,18-19,22,27,40H,3-4,6,8-10,12,14,17,20-21,23-26,28-39H2,1-2H3,(H,43,44)/b7-5-,13-11-,16-15-,19-18-,27-22-. The van der Waals surface area contributed by atoms with Crippen molar-refractivity contribution in [3.05, 3.63) is 60.8 Å². The predicted octanol–water partition coefficient (Wildman–Crippen LogP) is 13.3. The molecule has 0 aliphatic carbocycles. The van der Waals surface area contributed by atoms with Gasteiger partial charge in [0.05, 0.1) is 0 Å². The van der Waals surface area contributed by atoms with Gasteiger partial charge < -0.3 is 9.84 Å². The van der Waals surface area contributed by atoms with Gasteiger partial charge in [-0.3, -0.25) is 9.59 Å². The number of hydrogen-bond donors (Lipinski definition) is 1. The van der Waals surface area contributed by atoms with E-state index in [0.717, 1.165) is 103 Å². The van der Waals surface area contributed by atoms with Gasteiger partial charge >= 0.3 is 11.9 Å². The first-order chi connectivity index (χ1) is 22.6. The minimum absolute atomic E-state index is 0.0355. The lowest BCUT2D eigenvalue weighted by Crippen LogP contribution is -2.18. The van der Waals surface area contributed by atoms with E-state index in [0.29, 0.717) is 6.42 Å². The number of allylic oxidation sites excluding steroid dienone is 10. The highest BCUT2D eigenvalue weighted by Gasteiger charge is 2.14. The van der Waals surface area contributed by atoms with Crippen LogP contribution in [0.25, 0.3) is 0 Å². The lowest BCUT2D eigenvalue weighted by atomic mass is 10.0. The molecule has 0 aromatic heterocycles. The van der Waals surface area contributed by atoms with Crippen LogP contribution in [-0.2, 0) is 14.3 Å². The highest BCUT2D eigenvalue weighted by Crippen LogP contribution is 2.18. The van der Waals surface area contributed by atoms with Crippen LogP contribution in [0.5, 0.6) is 0 Å². The second-order valence-corrected chi connectivity index (χ2v) is 12.7. The number of hydrogen-bond acceptors (Lipinski definition) is 3. The molecule has 0 radical (unpaired) electrons. The Balaban J connectivity index is 4.18. The molecular formula is C42H72O4. The van der Waals surface area contributed by atoms with Crippen LogP contribution in [0.15, 0.2) is 60.8 Å². The topological polar surface area (TPSA) is 63.6 Å². The molecular weight excluding hydrogens is 568 g/mol. The van der Waals surface area contributed by atoms with Crippen LogP contribution < -0.4 is 0 Å². The quantitative estimate of drug-likeness (QED) is 0.0432. The summed E-state index contributed by atoms with van der Waals surface area (Å²) in [7, 11) is 0. The average Bonchev–Trinajstić information content (AvgIpc) is 3.04. The van der Waals surface area contributed by atoms with Gasteiger partial charge in [-0.1, -0.05) is 158 Å². The summed E-state index contributed by atoms with van der Waals surface area (Å²) in [4.78, 5) is 23.3. The fraction of sp³-hybridized carbons (Fsp3) is 0.714. The van der Waals surface area contributed by atoms with E-state index in [9.17, 15) is 9.59 Å². The molecule has 0 saturated heterocycles. The number of carbonyl (C=O) groups is 2. The van der Waals surface area contributed by atoms with Gasteiger partial charge in [0.25, 0.3) is 0 Å². The molecule has 1 atom stereocenters. The van der Waals surface area contributed by atoms with Crippen molar-refractivity contribution in [2.75, 3.05) is 0 Å². The first-order valence-corrected chi connectivity index (χ1v) is 19.3. The molecule has 0 rings (SSSR count). The summed E-state index contributed by atoms with van der Waals surface area (Å²) >= 11 is 0. The molecule has 0 aromatic carbocycles. The fourth-order valence-electron chi connectivity index (χ4n) is 5.45. The molecule has 0 bridgehead atoms. The molecule has 264 valence electrons. The van der Waals surface area contributed by atoms with Crippen molar-refractivity contribution in [1.29, 1.82) is 0 Å². The van der Waals surface area contributed by atoms with E-state index in [1.807, 2.05) is 0 Å². The molecule has 4 nitrogen and oxygen atoms in total. The Bertz CT molecular complexity index is 820. The first-order valence-electron chi connectivity index (χ1n) is 19.3. The summed E-state index contributed by atoms with van der Waals surface area (Å²) in [5.41, 5.74) is 0. The van der Waals surface area contributed by atoms with Crippen molar-refractivity contribution in [3.8, 4) is 0 Å². The normalized spacial score (nSPS) is 12.9. The zero-order chi connectivity index (χ0) is 33.6. The van der Waals surface area contributed by atoms with Gasteiger partial charge in [0.1, 0.15) is 6.10 Å². The summed E-state index contributed by atoms with van der Waals surface area (Å²) in [6.45, 7) is 4.42. The van der Waals surface area contributed by atoms with Crippen molar-refractivity contribution in [2.45, 2.75) is 193 Å². The Labute approximate surface area is 284 Å². The van der Waals surface area contributed by atoms with Crippen LogP contribution >= 0.6 is 0 Å². The number of ether oxygens (including phenoxy) is 1. The number of aliphatic carboxylic acids is 1. The van der Waals surface area contributed by atoms with E-state index in [-0.39, 0.29) is 18.5 Å². The minimum atomic E-state index is -0.693. The second-order valence-electron chi connectivity index (χ2n) is 12.7. The van der Waals surface area contributed by atoms with Gasteiger partial charge in [-0.05, 0) is 77.0 Å². The molecule has 46 heavy (non-hydrogen) atoms. The summed E-state index contributed by atoms with van der Waals surface area (Å²) in [5, 5.41) is 8.76. The molecule has 0 aliphatic rings. The van der Waals surface area contributed by atoms with Gasteiger partial charge in [-0.25, -0.2) is 0 Å². The molecule has 1 N–H and O–H groups in total. The average molecular weight is 641 g/mol. The third-order valence-electron chi connectivity index (χ3n) is 8.25. The van der Waals surface area contributed by atoms with Crippen LogP contribution in [0, 0.1) is 0 Å². The Kier molecular flexibility index (Phi) is 35.2. The van der Waals surface area contributed by atoms with E-state index in [1.54, 1.807) is 0 Å². The predicted molar refractivity (Wildman–Crippen MR) is 199 cm³/mol. The molecule has 0 saturated carbocycles. The van der Waals surface area contributed by atoms with Crippen molar-refractivity contribution < 1.29 is 19.4 Å². The highest BCUT2D eigenvalue weighted by molar-refractivity contribution is 5.69. The van der Waals surface area contributed by atoms with Gasteiger partial charge in [-0.15, -0.1) is 0 Å². The molecule has 0 fully saturated rings. The van der Waals surface area contributed by atoms with Gasteiger partial charge in [0.15, 0.2) is 0 Å². The maximum Gasteiger partial charge on any atom is 0.306 e. The Morgan fingerprint density at radius 1 is 0.500 bits per heavy atom. The SMILES string of the molecule is CC/C=C\C/C=C\C/C=C\C/C=C\C/C=C\CCCC(=O)OC(CCCCCCCCCCC)CCCCCCCCCC(=O)O. The van der Waals surface area contributed by atoms with Crippen molar-refractivity contribution in [3.63, 3.8) is 0 Å². The van der Waals surface area contributed by atoms with Crippen LogP contribution in [-0.4, -0.2) is 23.1 Å². The maximum absolute atomic E-state index is 12.6. The van der Waals surface area contributed by atoms with Crippen LogP contribution in [0.3, 0.4) is 0 Å². The summed E-state index contributed by atoms with van der Waals surface area (Å²) in [5.74, 6) is -0.728. The first kappa shape index (κ1) is 43.6. The van der Waals surface area contributed by atoms with Crippen LogP contribution in [0.2, 0.25) is 0 Å². The maximum atomic E-state index is 12.6. The second kappa shape index (κ2) is 37.1. The van der Waals surface area contributed by atoms with Crippen molar-refractivity contribution >= 4 is 11.9 Å². The number of carboxylic acid groups (broad SMARTS) is 1. The summed E-state index contributed by atoms with van der Waals surface area (Å²) in [6, 6.07) is 0. The number of carbonyl (C=O) groups excluding carboxylic acids is 1. The van der Waals surface area contributed by atoms with Gasteiger partial charge in [-0.2, -0.15) is 0 Å². The van der Waals surface area contributed by atoms with E-state index >= 15 is 0 Å². The highest BCUT2D eigenvalue weighted by atomic mass is 16.5. The van der Waals surface area contributed by atoms with Gasteiger partial charge in [0, 0.05) is 12.8 Å². The molecule has 0 aliphatic heterocycles. The smallest absolute Gasteiger partial charge is 0.306 e. The summed E-state index contributed by atoms with van der Waals surface area (Å²) in [6.07, 6.45) is 50.9.